The van der Waals surface area contributed by atoms with E-state index in [2.05, 4.69) is 21.6 Å². The number of para-hydroxylation sites is 1. The summed E-state index contributed by atoms with van der Waals surface area (Å²) >= 11 is 2.65. The number of fused-ring (bicyclic) bond motifs is 1. The van der Waals surface area contributed by atoms with E-state index in [1.165, 1.54) is 16.2 Å². The second-order valence-corrected chi connectivity index (χ2v) is 12.5. The van der Waals surface area contributed by atoms with Crippen molar-refractivity contribution in [1.82, 2.24) is 14.8 Å². The molecule has 37 heavy (non-hydrogen) atoms. The number of benzene rings is 2. The molecule has 0 saturated heterocycles. The van der Waals surface area contributed by atoms with E-state index in [9.17, 15) is 18.5 Å². The number of nitrogens with zero attached hydrogens (tertiary/aromatic N) is 4. The molecule has 188 valence electrons. The predicted octanol–water partition coefficient (Wildman–Crippen LogP) is 4.78. The van der Waals surface area contributed by atoms with Gasteiger partial charge < -0.3 is 5.32 Å². The van der Waals surface area contributed by atoms with E-state index in [1.807, 2.05) is 30.3 Å². The number of hydrogen-bond acceptors (Lipinski definition) is 8. The van der Waals surface area contributed by atoms with Crippen LogP contribution in [0.15, 0.2) is 70.7 Å². The van der Waals surface area contributed by atoms with E-state index < -0.39 is 9.84 Å². The Morgan fingerprint density at radius 3 is 2.49 bits per heavy atom. The number of sulfone groups is 1. The Bertz CT molecular complexity index is 1570. The van der Waals surface area contributed by atoms with Crippen LogP contribution < -0.4 is 5.32 Å². The first-order valence-electron chi connectivity index (χ1n) is 11.7. The highest BCUT2D eigenvalue weighted by Gasteiger charge is 2.24. The number of anilines is 1. The van der Waals surface area contributed by atoms with Crippen LogP contribution in [0.1, 0.15) is 34.7 Å². The minimum atomic E-state index is -3.65. The number of thiophene rings is 1. The van der Waals surface area contributed by atoms with E-state index in [0.717, 1.165) is 43.0 Å². The molecule has 11 heteroatoms. The van der Waals surface area contributed by atoms with Crippen LogP contribution >= 0.6 is 23.1 Å². The summed E-state index contributed by atoms with van der Waals surface area (Å²) in [6, 6.07) is 19.7. The maximum Gasteiger partial charge on any atom is 0.235 e. The fourth-order valence-corrected chi connectivity index (χ4v) is 7.56. The average molecular weight is 550 g/mol. The number of aryl methyl sites for hydroxylation is 1. The molecule has 1 N–H and O–H groups in total. The molecule has 2 heterocycles. The van der Waals surface area contributed by atoms with E-state index in [-0.39, 0.29) is 28.1 Å². The van der Waals surface area contributed by atoms with Crippen molar-refractivity contribution in [3.05, 3.63) is 82.5 Å². The maximum atomic E-state index is 13.0. The molecule has 2 aromatic carbocycles. The van der Waals surface area contributed by atoms with Crippen molar-refractivity contribution in [2.75, 3.05) is 11.1 Å². The third kappa shape index (κ3) is 5.46. The highest BCUT2D eigenvalue weighted by atomic mass is 32.2. The first-order chi connectivity index (χ1) is 18.0. The van der Waals surface area contributed by atoms with Crippen LogP contribution in [0.5, 0.6) is 0 Å². The molecule has 0 radical (unpaired) electrons. The van der Waals surface area contributed by atoms with Gasteiger partial charge in [0.15, 0.2) is 20.8 Å². The number of amides is 1. The SMILES string of the molecule is N#Cc1c(NC(=O)CSc2nnc(CS(=O)(=O)c3ccccc3)n2-c2ccccc2)sc2c1CCCC2. The van der Waals surface area contributed by atoms with Gasteiger partial charge in [-0.3, -0.25) is 9.36 Å². The van der Waals surface area contributed by atoms with Gasteiger partial charge in [0.25, 0.3) is 0 Å². The number of nitrogens with one attached hydrogen (secondary N) is 1. The van der Waals surface area contributed by atoms with Gasteiger partial charge in [-0.05, 0) is 55.5 Å². The van der Waals surface area contributed by atoms with Crippen molar-refractivity contribution in [3.8, 4) is 11.8 Å². The van der Waals surface area contributed by atoms with Crippen LogP contribution in [0.3, 0.4) is 0 Å². The van der Waals surface area contributed by atoms with Crippen molar-refractivity contribution >= 4 is 43.8 Å². The molecule has 8 nitrogen and oxygen atoms in total. The zero-order valence-corrected chi connectivity index (χ0v) is 22.2. The van der Waals surface area contributed by atoms with Crippen LogP contribution in [0.25, 0.3) is 5.69 Å². The topological polar surface area (TPSA) is 118 Å². The third-order valence-electron chi connectivity index (χ3n) is 6.00. The average Bonchev–Trinajstić information content (AvgIpc) is 3.48. The Kier molecular flexibility index (Phi) is 7.41. The smallest absolute Gasteiger partial charge is 0.235 e. The van der Waals surface area contributed by atoms with E-state index in [4.69, 9.17) is 0 Å². The number of hydrogen-bond donors (Lipinski definition) is 1. The molecule has 1 amide bonds. The summed E-state index contributed by atoms with van der Waals surface area (Å²) in [6.45, 7) is 0. The van der Waals surface area contributed by atoms with Crippen molar-refractivity contribution < 1.29 is 13.2 Å². The number of carbonyl (C=O) groups excluding carboxylic acids is 1. The molecule has 1 aliphatic rings. The molecule has 0 unspecified atom stereocenters. The number of thioether (sulfide) groups is 1. The Balaban J connectivity index is 1.37. The van der Waals surface area contributed by atoms with Gasteiger partial charge in [-0.25, -0.2) is 8.42 Å². The molecular formula is C26H23N5O3S3. The summed E-state index contributed by atoms with van der Waals surface area (Å²) in [4.78, 5) is 14.2. The second-order valence-electron chi connectivity index (χ2n) is 8.51. The lowest BCUT2D eigenvalue weighted by atomic mass is 9.96. The molecular weight excluding hydrogens is 527 g/mol. The molecule has 5 rings (SSSR count). The molecule has 0 spiro atoms. The lowest BCUT2D eigenvalue weighted by Crippen LogP contribution is -2.15. The number of carbonyl (C=O) groups is 1. The maximum absolute atomic E-state index is 13.0. The Labute approximate surface area is 223 Å². The third-order valence-corrected chi connectivity index (χ3v) is 9.77. The fraction of sp³-hybridized carbons (Fsp3) is 0.231. The predicted molar refractivity (Wildman–Crippen MR) is 144 cm³/mol. The van der Waals surface area contributed by atoms with Gasteiger partial charge >= 0.3 is 0 Å². The summed E-state index contributed by atoms with van der Waals surface area (Å²) in [5.74, 6) is -0.307. The van der Waals surface area contributed by atoms with Gasteiger partial charge in [0.2, 0.25) is 5.91 Å². The van der Waals surface area contributed by atoms with E-state index in [1.54, 1.807) is 34.9 Å². The molecule has 1 aliphatic carbocycles. The Morgan fingerprint density at radius 1 is 1.05 bits per heavy atom. The van der Waals surface area contributed by atoms with Gasteiger partial charge in [-0.1, -0.05) is 48.2 Å². The quantitative estimate of drug-likeness (QED) is 0.314. The van der Waals surface area contributed by atoms with Crippen molar-refractivity contribution in [2.24, 2.45) is 0 Å². The Morgan fingerprint density at radius 2 is 1.76 bits per heavy atom. The molecule has 0 fully saturated rings. The van der Waals surface area contributed by atoms with Gasteiger partial charge in [-0.15, -0.1) is 21.5 Å². The normalized spacial score (nSPS) is 13.1. The number of nitriles is 1. The van der Waals surface area contributed by atoms with Crippen molar-refractivity contribution in [3.63, 3.8) is 0 Å². The van der Waals surface area contributed by atoms with Crippen molar-refractivity contribution in [2.45, 2.75) is 41.5 Å². The van der Waals surface area contributed by atoms with Crippen LogP contribution in [-0.4, -0.2) is 34.8 Å². The highest BCUT2D eigenvalue weighted by Crippen LogP contribution is 2.37. The lowest BCUT2D eigenvalue weighted by Gasteiger charge is -2.11. The van der Waals surface area contributed by atoms with Crippen LogP contribution in [0.2, 0.25) is 0 Å². The molecule has 2 aromatic heterocycles. The van der Waals surface area contributed by atoms with Crippen LogP contribution in [0, 0.1) is 11.3 Å². The lowest BCUT2D eigenvalue weighted by molar-refractivity contribution is -0.113. The largest absolute Gasteiger partial charge is 0.316 e. The minimum Gasteiger partial charge on any atom is -0.316 e. The van der Waals surface area contributed by atoms with Crippen molar-refractivity contribution in [1.29, 1.82) is 5.26 Å². The standard InChI is InChI=1S/C26H23N5O3S3/c27-15-21-20-13-7-8-14-22(20)36-25(21)28-24(32)16-35-26-30-29-23(31(26)18-9-3-1-4-10-18)17-37(33,34)19-11-5-2-6-12-19/h1-6,9-12H,7-8,13-14,16-17H2,(H,28,32). The second kappa shape index (κ2) is 10.9. The minimum absolute atomic E-state index is 0.0316. The molecule has 4 aromatic rings. The summed E-state index contributed by atoms with van der Waals surface area (Å²) in [5, 5.41) is 22.0. The summed E-state index contributed by atoms with van der Waals surface area (Å²) in [7, 11) is -3.65. The summed E-state index contributed by atoms with van der Waals surface area (Å²) in [6.07, 6.45) is 3.96. The highest BCUT2D eigenvalue weighted by molar-refractivity contribution is 7.99. The fourth-order valence-electron chi connectivity index (χ4n) is 4.27. The van der Waals surface area contributed by atoms with E-state index in [0.29, 0.717) is 21.4 Å². The molecule has 0 atom stereocenters. The summed E-state index contributed by atoms with van der Waals surface area (Å²) < 4.78 is 27.7. The zero-order chi connectivity index (χ0) is 25.8. The number of aromatic nitrogens is 3. The van der Waals surface area contributed by atoms with Gasteiger partial charge in [-0.2, -0.15) is 5.26 Å². The number of rotatable bonds is 8. The van der Waals surface area contributed by atoms with Crippen LogP contribution in [-0.2, 0) is 33.2 Å². The molecule has 0 bridgehead atoms. The van der Waals surface area contributed by atoms with Gasteiger partial charge in [0.1, 0.15) is 16.8 Å². The van der Waals surface area contributed by atoms with E-state index >= 15 is 0 Å². The first kappa shape index (κ1) is 25.2. The Hall–Kier alpha value is -3.46. The van der Waals surface area contributed by atoms with Gasteiger partial charge in [0, 0.05) is 10.6 Å². The molecule has 0 aliphatic heterocycles. The zero-order valence-electron chi connectivity index (χ0n) is 19.8. The molecule has 0 saturated carbocycles. The van der Waals surface area contributed by atoms with Gasteiger partial charge in [0.05, 0.1) is 16.2 Å². The van der Waals surface area contributed by atoms with Crippen LogP contribution in [0.4, 0.5) is 5.00 Å². The summed E-state index contributed by atoms with van der Waals surface area (Å²) in [5.41, 5.74) is 2.33. The monoisotopic (exact) mass is 549 g/mol. The first-order valence-corrected chi connectivity index (χ1v) is 15.2.